The SMILES string of the molecule is C[C@H](NC(=O)C(F)F)c1ccc(O[C@@H]2CCN(c3ccnc(OCC(F)F)c3)C2)cc1. The van der Waals surface area contributed by atoms with Crippen LogP contribution >= 0.6 is 0 Å². The molecule has 168 valence electrons. The van der Waals surface area contributed by atoms with E-state index in [1.807, 2.05) is 0 Å². The predicted molar refractivity (Wildman–Crippen MR) is 106 cm³/mol. The van der Waals surface area contributed by atoms with Gasteiger partial charge in [0.15, 0.2) is 6.61 Å². The second-order valence-corrected chi connectivity index (χ2v) is 7.13. The van der Waals surface area contributed by atoms with Crippen LogP contribution in [0, 0.1) is 0 Å². The van der Waals surface area contributed by atoms with Crippen LogP contribution in [-0.2, 0) is 4.79 Å². The Labute approximate surface area is 177 Å². The molecule has 1 saturated heterocycles. The number of anilines is 1. The van der Waals surface area contributed by atoms with Crippen molar-refractivity contribution in [3.63, 3.8) is 0 Å². The lowest BCUT2D eigenvalue weighted by Crippen LogP contribution is -2.31. The highest BCUT2D eigenvalue weighted by Gasteiger charge is 2.25. The molecule has 1 aliphatic rings. The highest BCUT2D eigenvalue weighted by molar-refractivity contribution is 5.79. The van der Waals surface area contributed by atoms with E-state index in [-0.39, 0.29) is 12.0 Å². The first-order chi connectivity index (χ1) is 14.8. The van der Waals surface area contributed by atoms with E-state index in [1.165, 1.54) is 6.20 Å². The van der Waals surface area contributed by atoms with Gasteiger partial charge in [-0.15, -0.1) is 0 Å². The Kier molecular flexibility index (Phi) is 7.54. The van der Waals surface area contributed by atoms with Gasteiger partial charge in [-0.05, 0) is 30.7 Å². The van der Waals surface area contributed by atoms with Crippen LogP contribution in [0.15, 0.2) is 42.6 Å². The number of aromatic nitrogens is 1. The minimum absolute atomic E-state index is 0.0830. The topological polar surface area (TPSA) is 63.7 Å². The summed E-state index contributed by atoms with van der Waals surface area (Å²) >= 11 is 0. The summed E-state index contributed by atoms with van der Waals surface area (Å²) in [4.78, 5) is 17.1. The Bertz CT molecular complexity index is 867. The number of hydrogen-bond donors (Lipinski definition) is 1. The summed E-state index contributed by atoms with van der Waals surface area (Å²) in [6, 6.07) is 9.74. The fraction of sp³-hybridized carbons (Fsp3) is 0.429. The largest absolute Gasteiger partial charge is 0.489 e. The number of nitrogens with one attached hydrogen (secondary N) is 1. The molecule has 0 spiro atoms. The number of alkyl halides is 4. The number of amides is 1. The first-order valence-electron chi connectivity index (χ1n) is 9.79. The van der Waals surface area contributed by atoms with Crippen molar-refractivity contribution in [1.29, 1.82) is 0 Å². The van der Waals surface area contributed by atoms with Gasteiger partial charge in [0, 0.05) is 30.9 Å². The van der Waals surface area contributed by atoms with E-state index >= 15 is 0 Å². The molecule has 3 rings (SSSR count). The molecule has 0 aliphatic carbocycles. The Morgan fingerprint density at radius 3 is 2.65 bits per heavy atom. The van der Waals surface area contributed by atoms with Crippen molar-refractivity contribution in [2.75, 3.05) is 24.6 Å². The van der Waals surface area contributed by atoms with Crippen LogP contribution < -0.4 is 19.7 Å². The number of pyridine rings is 1. The summed E-state index contributed by atoms with van der Waals surface area (Å²) < 4.78 is 60.3. The smallest absolute Gasteiger partial charge is 0.315 e. The van der Waals surface area contributed by atoms with Crippen molar-refractivity contribution in [2.45, 2.75) is 38.3 Å². The average Bonchev–Trinajstić information content (AvgIpc) is 3.21. The zero-order chi connectivity index (χ0) is 22.4. The molecule has 1 N–H and O–H groups in total. The first-order valence-corrected chi connectivity index (χ1v) is 9.79. The lowest BCUT2D eigenvalue weighted by molar-refractivity contribution is -0.132. The van der Waals surface area contributed by atoms with Gasteiger partial charge in [-0.1, -0.05) is 12.1 Å². The van der Waals surface area contributed by atoms with Crippen LogP contribution in [0.1, 0.15) is 24.9 Å². The molecule has 2 atom stereocenters. The summed E-state index contributed by atoms with van der Waals surface area (Å²) in [7, 11) is 0. The molecule has 31 heavy (non-hydrogen) atoms. The molecule has 1 amide bonds. The zero-order valence-corrected chi connectivity index (χ0v) is 16.8. The Morgan fingerprint density at radius 2 is 1.97 bits per heavy atom. The minimum Gasteiger partial charge on any atom is -0.489 e. The van der Waals surface area contributed by atoms with E-state index in [0.717, 1.165) is 18.7 Å². The number of carbonyl (C=O) groups is 1. The summed E-state index contributed by atoms with van der Waals surface area (Å²) in [5.41, 5.74) is 1.49. The maximum absolute atomic E-state index is 12.4. The molecule has 0 radical (unpaired) electrons. The van der Waals surface area contributed by atoms with E-state index in [4.69, 9.17) is 9.47 Å². The molecule has 2 aromatic rings. The summed E-state index contributed by atoms with van der Waals surface area (Å²) in [5.74, 6) is -0.540. The number of halogens is 4. The van der Waals surface area contributed by atoms with Crippen molar-refractivity contribution in [3.8, 4) is 11.6 Å². The van der Waals surface area contributed by atoms with Crippen molar-refractivity contribution >= 4 is 11.6 Å². The van der Waals surface area contributed by atoms with Crippen LogP contribution in [0.25, 0.3) is 0 Å². The third-order valence-corrected chi connectivity index (χ3v) is 4.83. The fourth-order valence-corrected chi connectivity index (χ4v) is 3.27. The molecular formula is C21H23F4N3O3. The molecule has 1 aromatic carbocycles. The second kappa shape index (κ2) is 10.3. The predicted octanol–water partition coefficient (Wildman–Crippen LogP) is 3.83. The molecule has 1 fully saturated rings. The zero-order valence-electron chi connectivity index (χ0n) is 16.8. The minimum atomic E-state index is -3.05. The monoisotopic (exact) mass is 441 g/mol. The standard InChI is InChI=1S/C21H23F4N3O3/c1-13(27-21(29)20(24)25)14-2-4-16(5-3-14)31-17-7-9-28(11-17)15-6-8-26-19(10-15)30-12-18(22)23/h2-6,8,10,13,17-18,20H,7,9,11-12H2,1H3,(H,27,29)/t13-,17+/m0/s1. The van der Waals surface area contributed by atoms with Crippen LogP contribution in [-0.4, -0.2) is 49.5 Å². The maximum Gasteiger partial charge on any atom is 0.315 e. The van der Waals surface area contributed by atoms with Crippen LogP contribution in [0.2, 0.25) is 0 Å². The molecule has 0 saturated carbocycles. The molecule has 1 aromatic heterocycles. The van der Waals surface area contributed by atoms with Gasteiger partial charge >= 0.3 is 6.43 Å². The lowest BCUT2D eigenvalue weighted by Gasteiger charge is -2.20. The van der Waals surface area contributed by atoms with Gasteiger partial charge in [0.25, 0.3) is 12.3 Å². The molecule has 2 heterocycles. The molecular weight excluding hydrogens is 418 g/mol. The summed E-state index contributed by atoms with van der Waals surface area (Å²) in [6.45, 7) is 2.24. The second-order valence-electron chi connectivity index (χ2n) is 7.13. The van der Waals surface area contributed by atoms with E-state index in [0.29, 0.717) is 17.9 Å². The van der Waals surface area contributed by atoms with Gasteiger partial charge in [0.2, 0.25) is 5.88 Å². The molecule has 1 aliphatic heterocycles. The van der Waals surface area contributed by atoms with E-state index < -0.39 is 31.4 Å². The Balaban J connectivity index is 1.53. The third kappa shape index (κ3) is 6.47. The number of ether oxygens (including phenoxy) is 2. The highest BCUT2D eigenvalue weighted by atomic mass is 19.3. The van der Waals surface area contributed by atoms with Gasteiger partial charge < -0.3 is 19.7 Å². The van der Waals surface area contributed by atoms with Gasteiger partial charge in [0.1, 0.15) is 11.9 Å². The van der Waals surface area contributed by atoms with Crippen molar-refractivity contribution in [3.05, 3.63) is 48.2 Å². The van der Waals surface area contributed by atoms with E-state index in [2.05, 4.69) is 15.2 Å². The highest BCUT2D eigenvalue weighted by Crippen LogP contribution is 2.26. The molecule has 10 heteroatoms. The van der Waals surface area contributed by atoms with E-state index in [9.17, 15) is 22.4 Å². The summed E-state index contributed by atoms with van der Waals surface area (Å²) in [6.07, 6.45) is -3.43. The van der Waals surface area contributed by atoms with Gasteiger partial charge in [-0.3, -0.25) is 4.79 Å². The number of nitrogens with zero attached hydrogens (tertiary/aromatic N) is 2. The molecule has 0 bridgehead atoms. The molecule has 6 nitrogen and oxygen atoms in total. The number of rotatable bonds is 9. The van der Waals surface area contributed by atoms with Gasteiger partial charge in [0.05, 0.1) is 12.6 Å². The number of hydrogen-bond acceptors (Lipinski definition) is 5. The lowest BCUT2D eigenvalue weighted by atomic mass is 10.1. The van der Waals surface area contributed by atoms with E-state index in [1.54, 1.807) is 43.3 Å². The van der Waals surface area contributed by atoms with Crippen LogP contribution in [0.3, 0.4) is 0 Å². The number of carbonyl (C=O) groups excluding carboxylic acids is 1. The normalized spacial score (nSPS) is 17.1. The molecule has 0 unspecified atom stereocenters. The fourth-order valence-electron chi connectivity index (χ4n) is 3.27. The van der Waals surface area contributed by atoms with Crippen molar-refractivity contribution in [1.82, 2.24) is 10.3 Å². The number of benzene rings is 1. The van der Waals surface area contributed by atoms with Gasteiger partial charge in [-0.2, -0.15) is 8.78 Å². The van der Waals surface area contributed by atoms with Crippen molar-refractivity contribution in [2.24, 2.45) is 0 Å². The summed E-state index contributed by atoms with van der Waals surface area (Å²) in [5, 5.41) is 2.24. The quantitative estimate of drug-likeness (QED) is 0.600. The van der Waals surface area contributed by atoms with Gasteiger partial charge in [-0.25, -0.2) is 13.8 Å². The van der Waals surface area contributed by atoms with Crippen LogP contribution in [0.4, 0.5) is 23.2 Å². The third-order valence-electron chi connectivity index (χ3n) is 4.83. The Morgan fingerprint density at radius 1 is 1.23 bits per heavy atom. The van der Waals surface area contributed by atoms with Crippen molar-refractivity contribution < 1.29 is 31.8 Å². The Hall–Kier alpha value is -3.04. The first kappa shape index (κ1) is 22.6. The van der Waals surface area contributed by atoms with Crippen LogP contribution in [0.5, 0.6) is 11.6 Å². The average molecular weight is 441 g/mol. The maximum atomic E-state index is 12.4.